The molecule has 0 atom stereocenters. The zero-order chi connectivity index (χ0) is 34.1. The quantitative estimate of drug-likeness (QED) is 0.191. The lowest BCUT2D eigenvalue weighted by Crippen LogP contribution is -2.48. The average Bonchev–Trinajstić information content (AvgIpc) is 3.54. The van der Waals surface area contributed by atoms with Gasteiger partial charge in [0.1, 0.15) is 5.82 Å². The molecule has 1 saturated heterocycles. The topological polar surface area (TPSA) is 75.4 Å². The molecule has 7 rings (SSSR count). The highest BCUT2D eigenvalue weighted by atomic mass is 32.1. The van der Waals surface area contributed by atoms with Gasteiger partial charge in [-0.15, -0.1) is 11.3 Å². The van der Waals surface area contributed by atoms with Crippen LogP contribution in [0.2, 0.25) is 0 Å². The van der Waals surface area contributed by atoms with Crippen LogP contribution in [0.5, 0.6) is 0 Å². The summed E-state index contributed by atoms with van der Waals surface area (Å²) in [5.41, 5.74) is 3.09. The van der Waals surface area contributed by atoms with Crippen LogP contribution < -0.4 is 16.6 Å². The summed E-state index contributed by atoms with van der Waals surface area (Å²) in [4.78, 5) is 40.0. The van der Waals surface area contributed by atoms with E-state index in [-0.39, 0.29) is 17.1 Å². The minimum atomic E-state index is -0.603. The third kappa shape index (κ3) is 7.33. The lowest BCUT2D eigenvalue weighted by atomic mass is 9.91. The molecule has 2 fully saturated rings. The van der Waals surface area contributed by atoms with Crippen molar-refractivity contribution >= 4 is 22.4 Å². The Hall–Kier alpha value is -3.96. The number of hydrogen-bond donors (Lipinski definition) is 1. The largest absolute Gasteiger partial charge is 0.337 e. The van der Waals surface area contributed by atoms with Crippen molar-refractivity contribution in [1.82, 2.24) is 29.2 Å². The Labute approximate surface area is 290 Å². The lowest BCUT2D eigenvalue weighted by Gasteiger charge is -2.36. The van der Waals surface area contributed by atoms with Crippen molar-refractivity contribution in [2.24, 2.45) is 0 Å². The molecule has 4 heterocycles. The van der Waals surface area contributed by atoms with E-state index in [9.17, 15) is 14.0 Å². The highest BCUT2D eigenvalue weighted by Gasteiger charge is 2.27. The number of hydrogen-bond acceptors (Lipinski definition) is 7. The molecule has 3 aromatic heterocycles. The smallest absolute Gasteiger partial charge is 0.309 e. The summed E-state index contributed by atoms with van der Waals surface area (Å²) in [6.07, 6.45) is 4.13. The first kappa shape index (κ1) is 33.5. The standard InChI is InChI=1S/C39H45FN6O2S/c1-26(2)44-19-17-43(18-20-44)25-28-8-10-29(11-9-28)30-5-4-6-34(21-30)45-37-36(22-31(40)23-42-37)38(47)46(39(45)48)33-14-12-32(13-15-33)41-24-35-16-7-27(3)49-35/h4-11,16,21-23,26,32-33,41H,12-15,17-20,24-25H2,1-3H3/t32-,33+. The van der Waals surface area contributed by atoms with Crippen LogP contribution in [0.3, 0.4) is 0 Å². The van der Waals surface area contributed by atoms with Crippen molar-refractivity contribution in [3.63, 3.8) is 0 Å². The van der Waals surface area contributed by atoms with Crippen molar-refractivity contribution in [2.45, 2.75) is 77.7 Å². The van der Waals surface area contributed by atoms with E-state index in [4.69, 9.17) is 0 Å². The summed E-state index contributed by atoms with van der Waals surface area (Å²) in [7, 11) is 0. The number of fused-ring (bicyclic) bond motifs is 1. The van der Waals surface area contributed by atoms with Gasteiger partial charge in [0.25, 0.3) is 5.56 Å². The van der Waals surface area contributed by atoms with Gasteiger partial charge in [-0.05, 0) is 93.5 Å². The van der Waals surface area contributed by atoms with Crippen molar-refractivity contribution in [3.05, 3.63) is 115 Å². The average molecular weight is 681 g/mol. The van der Waals surface area contributed by atoms with Gasteiger partial charge in [-0.1, -0.05) is 36.4 Å². The Bertz CT molecular complexity index is 2040. The minimum Gasteiger partial charge on any atom is -0.309 e. The summed E-state index contributed by atoms with van der Waals surface area (Å²) in [6.45, 7) is 12.7. The van der Waals surface area contributed by atoms with E-state index < -0.39 is 17.1 Å². The van der Waals surface area contributed by atoms with Crippen molar-refractivity contribution in [3.8, 4) is 16.8 Å². The molecule has 256 valence electrons. The highest BCUT2D eigenvalue weighted by molar-refractivity contribution is 7.11. The first-order valence-electron chi connectivity index (χ1n) is 17.5. The fourth-order valence-corrected chi connectivity index (χ4v) is 8.26. The molecular formula is C39H45FN6O2S. The Kier molecular flexibility index (Phi) is 9.91. The number of piperazine rings is 1. The normalized spacial score (nSPS) is 19.2. The lowest BCUT2D eigenvalue weighted by molar-refractivity contribution is 0.104. The molecule has 5 aromatic rings. The maximum atomic E-state index is 14.5. The summed E-state index contributed by atoms with van der Waals surface area (Å²) < 4.78 is 17.3. The van der Waals surface area contributed by atoms with Crippen molar-refractivity contribution in [1.29, 1.82) is 0 Å². The van der Waals surface area contributed by atoms with Crippen LogP contribution in [0.4, 0.5) is 4.39 Å². The number of rotatable bonds is 9. The predicted octanol–water partition coefficient (Wildman–Crippen LogP) is 6.52. The predicted molar refractivity (Wildman–Crippen MR) is 196 cm³/mol. The van der Waals surface area contributed by atoms with Crippen LogP contribution in [-0.2, 0) is 13.1 Å². The molecular weight excluding hydrogens is 636 g/mol. The molecule has 10 heteroatoms. The number of aromatic nitrogens is 3. The van der Waals surface area contributed by atoms with Gasteiger partial charge in [0.15, 0.2) is 5.65 Å². The molecule has 1 aliphatic carbocycles. The summed E-state index contributed by atoms with van der Waals surface area (Å²) in [5.74, 6) is -0.603. The number of aryl methyl sites for hydroxylation is 1. The molecule has 0 bridgehead atoms. The third-order valence-electron chi connectivity index (χ3n) is 10.2. The second-order valence-electron chi connectivity index (χ2n) is 13.9. The van der Waals surface area contributed by atoms with Crippen LogP contribution in [0.25, 0.3) is 27.8 Å². The van der Waals surface area contributed by atoms with Crippen LogP contribution >= 0.6 is 11.3 Å². The molecule has 2 aliphatic rings. The van der Waals surface area contributed by atoms with Gasteiger partial charge < -0.3 is 5.32 Å². The first-order valence-corrected chi connectivity index (χ1v) is 18.3. The van der Waals surface area contributed by atoms with Crippen LogP contribution in [0, 0.1) is 12.7 Å². The summed E-state index contributed by atoms with van der Waals surface area (Å²) in [5, 5.41) is 3.76. The molecule has 0 spiro atoms. The molecule has 0 unspecified atom stereocenters. The second-order valence-corrected chi connectivity index (χ2v) is 15.2. The monoisotopic (exact) mass is 680 g/mol. The number of benzene rings is 2. The SMILES string of the molecule is Cc1ccc(CN[C@H]2CC[C@@H](n3c(=O)c4cc(F)cnc4n(-c4cccc(-c5ccc(CN6CCN(C(C)C)CC6)cc5)c4)c3=O)CC2)s1. The molecule has 1 saturated carbocycles. The molecule has 1 aliphatic heterocycles. The molecule has 0 radical (unpaired) electrons. The Morgan fingerprint density at radius 1 is 0.918 bits per heavy atom. The molecule has 8 nitrogen and oxygen atoms in total. The molecule has 0 amide bonds. The maximum absolute atomic E-state index is 14.5. The van der Waals surface area contributed by atoms with Gasteiger partial charge in [-0.25, -0.2) is 18.7 Å². The van der Waals surface area contributed by atoms with Gasteiger partial charge in [0.05, 0.1) is 17.3 Å². The zero-order valence-corrected chi connectivity index (χ0v) is 29.4. The second kappa shape index (κ2) is 14.5. The first-order chi connectivity index (χ1) is 23.7. The van der Waals surface area contributed by atoms with Crippen LogP contribution in [0.1, 0.15) is 60.9 Å². The van der Waals surface area contributed by atoms with E-state index in [0.29, 0.717) is 30.6 Å². The molecule has 2 aromatic carbocycles. The number of nitrogens with one attached hydrogen (secondary N) is 1. The van der Waals surface area contributed by atoms with Crippen LogP contribution in [0.15, 0.2) is 82.5 Å². The fraction of sp³-hybridized carbons (Fsp3) is 0.410. The van der Waals surface area contributed by atoms with Crippen molar-refractivity contribution in [2.75, 3.05) is 26.2 Å². The fourth-order valence-electron chi connectivity index (χ4n) is 7.42. The number of nitrogens with zero attached hydrogens (tertiary/aromatic N) is 5. The van der Waals surface area contributed by atoms with Crippen molar-refractivity contribution < 1.29 is 4.39 Å². The highest BCUT2D eigenvalue weighted by Crippen LogP contribution is 2.29. The van der Waals surface area contributed by atoms with E-state index in [1.807, 2.05) is 24.3 Å². The van der Waals surface area contributed by atoms with Gasteiger partial charge in [0.2, 0.25) is 0 Å². The summed E-state index contributed by atoms with van der Waals surface area (Å²) in [6, 6.07) is 22.5. The van der Waals surface area contributed by atoms with Gasteiger partial charge >= 0.3 is 5.69 Å². The van der Waals surface area contributed by atoms with E-state index in [2.05, 4.69) is 77.3 Å². The number of pyridine rings is 1. The third-order valence-corrected chi connectivity index (χ3v) is 11.3. The van der Waals surface area contributed by atoms with E-state index in [1.165, 1.54) is 30.5 Å². The Balaban J connectivity index is 1.13. The minimum absolute atomic E-state index is 0.108. The molecule has 1 N–H and O–H groups in total. The van der Waals surface area contributed by atoms with Gasteiger partial charge in [-0.2, -0.15) is 0 Å². The summed E-state index contributed by atoms with van der Waals surface area (Å²) >= 11 is 1.79. The zero-order valence-electron chi connectivity index (χ0n) is 28.6. The van der Waals surface area contributed by atoms with Gasteiger partial charge in [-0.3, -0.25) is 19.2 Å². The number of thiophene rings is 1. The molecule has 49 heavy (non-hydrogen) atoms. The van der Waals surface area contributed by atoms with Gasteiger partial charge in [0, 0.05) is 67.1 Å². The van der Waals surface area contributed by atoms with E-state index >= 15 is 0 Å². The van der Waals surface area contributed by atoms with E-state index in [0.717, 1.165) is 69.4 Å². The Morgan fingerprint density at radius 3 is 2.37 bits per heavy atom. The maximum Gasteiger partial charge on any atom is 0.337 e. The Morgan fingerprint density at radius 2 is 1.67 bits per heavy atom. The van der Waals surface area contributed by atoms with Crippen LogP contribution in [-0.4, -0.2) is 62.2 Å². The van der Waals surface area contributed by atoms with E-state index in [1.54, 1.807) is 11.3 Å². The number of halogens is 1.